The fourth-order valence-corrected chi connectivity index (χ4v) is 1.95. The minimum atomic E-state index is 0.216. The lowest BCUT2D eigenvalue weighted by atomic mass is 10.3. The summed E-state index contributed by atoms with van der Waals surface area (Å²) >= 11 is 5.86. The zero-order chi connectivity index (χ0) is 12.5. The van der Waals surface area contributed by atoms with Gasteiger partial charge in [-0.25, -0.2) is 4.98 Å². The van der Waals surface area contributed by atoms with Crippen LogP contribution in [0.5, 0.6) is 0 Å². The summed E-state index contributed by atoms with van der Waals surface area (Å²) in [4.78, 5) is 11.3. The Labute approximate surface area is 108 Å². The van der Waals surface area contributed by atoms with Crippen molar-refractivity contribution < 1.29 is 0 Å². The van der Waals surface area contributed by atoms with Crippen molar-refractivity contribution in [3.8, 4) is 0 Å². The van der Waals surface area contributed by atoms with Gasteiger partial charge in [-0.1, -0.05) is 0 Å². The van der Waals surface area contributed by atoms with Crippen LogP contribution in [0.4, 0.5) is 5.82 Å². The monoisotopic (exact) mass is 262 g/mol. The first-order valence-corrected chi connectivity index (χ1v) is 5.83. The first kappa shape index (κ1) is 11.0. The van der Waals surface area contributed by atoms with Crippen LogP contribution in [0.2, 0.25) is 5.28 Å². The summed E-state index contributed by atoms with van der Waals surface area (Å²) in [5, 5.41) is 8.63. The molecule has 0 aromatic carbocycles. The molecule has 0 atom stereocenters. The Hall–Kier alpha value is -2.08. The molecule has 0 bridgehead atoms. The minimum Gasteiger partial charge on any atom is -0.364 e. The van der Waals surface area contributed by atoms with E-state index in [2.05, 4.69) is 25.4 Å². The summed E-state index contributed by atoms with van der Waals surface area (Å²) in [5.74, 6) is 0.705. The number of nitrogens with zero attached hydrogens (tertiary/aromatic N) is 4. The van der Waals surface area contributed by atoms with Crippen molar-refractivity contribution in [3.63, 3.8) is 0 Å². The molecule has 0 saturated carbocycles. The Kier molecular flexibility index (Phi) is 2.64. The van der Waals surface area contributed by atoms with Crippen molar-refractivity contribution >= 4 is 28.5 Å². The van der Waals surface area contributed by atoms with Gasteiger partial charge < -0.3 is 10.3 Å². The number of anilines is 1. The standard InChI is InChI=1S/C11H11ClN6/c1-18-5-3-7(17-18)6-14-10-8-2-4-13-9(8)15-11(12)16-10/h2-5H,6H2,1H3,(H2,13,14,15,16). The summed E-state index contributed by atoms with van der Waals surface area (Å²) in [6.45, 7) is 0.592. The third-order valence-corrected chi connectivity index (χ3v) is 2.76. The van der Waals surface area contributed by atoms with Crippen molar-refractivity contribution in [2.75, 3.05) is 5.32 Å². The van der Waals surface area contributed by atoms with Gasteiger partial charge in [0.1, 0.15) is 11.5 Å². The molecule has 92 valence electrons. The molecule has 0 saturated heterocycles. The van der Waals surface area contributed by atoms with E-state index in [0.29, 0.717) is 12.4 Å². The molecule has 2 N–H and O–H groups in total. The van der Waals surface area contributed by atoms with Crippen LogP contribution in [0.1, 0.15) is 5.69 Å². The molecular weight excluding hydrogens is 252 g/mol. The van der Waals surface area contributed by atoms with E-state index in [-0.39, 0.29) is 5.28 Å². The molecule has 3 aromatic heterocycles. The zero-order valence-corrected chi connectivity index (χ0v) is 10.4. The van der Waals surface area contributed by atoms with E-state index in [1.165, 1.54) is 0 Å². The number of nitrogens with one attached hydrogen (secondary N) is 2. The molecule has 0 aliphatic rings. The van der Waals surface area contributed by atoms with Gasteiger partial charge >= 0.3 is 0 Å². The molecule has 3 aromatic rings. The third kappa shape index (κ3) is 2.02. The number of aromatic amines is 1. The van der Waals surface area contributed by atoms with Gasteiger partial charge in [-0.2, -0.15) is 10.1 Å². The maximum Gasteiger partial charge on any atom is 0.226 e. The summed E-state index contributed by atoms with van der Waals surface area (Å²) in [6, 6.07) is 3.86. The second-order valence-electron chi connectivity index (χ2n) is 3.92. The highest BCUT2D eigenvalue weighted by Gasteiger charge is 2.07. The molecule has 6 nitrogen and oxygen atoms in total. The van der Waals surface area contributed by atoms with E-state index in [1.807, 2.05) is 31.6 Å². The molecule has 0 aliphatic heterocycles. The smallest absolute Gasteiger partial charge is 0.226 e. The fraction of sp³-hybridized carbons (Fsp3) is 0.182. The Morgan fingerprint density at radius 3 is 3.06 bits per heavy atom. The number of aryl methyl sites for hydroxylation is 1. The first-order chi connectivity index (χ1) is 8.72. The predicted molar refractivity (Wildman–Crippen MR) is 69.4 cm³/mol. The minimum absolute atomic E-state index is 0.216. The SMILES string of the molecule is Cn1ccc(CNc2nc(Cl)nc3[nH]ccc23)n1. The molecule has 0 unspecified atom stereocenters. The molecule has 0 fully saturated rings. The predicted octanol–water partition coefficient (Wildman–Crippen LogP) is 1.96. The van der Waals surface area contributed by atoms with Gasteiger partial charge in [0.2, 0.25) is 5.28 Å². The van der Waals surface area contributed by atoms with Crippen LogP contribution < -0.4 is 5.32 Å². The molecule has 0 amide bonds. The van der Waals surface area contributed by atoms with E-state index in [1.54, 1.807) is 4.68 Å². The van der Waals surface area contributed by atoms with E-state index in [0.717, 1.165) is 16.7 Å². The van der Waals surface area contributed by atoms with Crippen molar-refractivity contribution in [1.29, 1.82) is 0 Å². The molecule has 18 heavy (non-hydrogen) atoms. The second-order valence-corrected chi connectivity index (χ2v) is 4.25. The van der Waals surface area contributed by atoms with Gasteiger partial charge in [0.15, 0.2) is 0 Å². The molecule has 0 radical (unpaired) electrons. The average Bonchev–Trinajstić information content (AvgIpc) is 2.94. The number of hydrogen-bond donors (Lipinski definition) is 2. The second kappa shape index (κ2) is 4.30. The van der Waals surface area contributed by atoms with E-state index < -0.39 is 0 Å². The van der Waals surface area contributed by atoms with Crippen molar-refractivity contribution in [2.45, 2.75) is 6.54 Å². The van der Waals surface area contributed by atoms with Gasteiger partial charge in [-0.15, -0.1) is 0 Å². The molecule has 0 spiro atoms. The van der Waals surface area contributed by atoms with E-state index in [4.69, 9.17) is 11.6 Å². The van der Waals surface area contributed by atoms with Gasteiger partial charge in [0.05, 0.1) is 17.6 Å². The Morgan fingerprint density at radius 1 is 1.39 bits per heavy atom. The number of hydrogen-bond acceptors (Lipinski definition) is 4. The highest BCUT2D eigenvalue weighted by atomic mass is 35.5. The Balaban J connectivity index is 1.87. The number of rotatable bonds is 3. The molecule has 0 aliphatic carbocycles. The topological polar surface area (TPSA) is 71.4 Å². The van der Waals surface area contributed by atoms with Crippen LogP contribution in [0.15, 0.2) is 24.5 Å². The number of H-pyrrole nitrogens is 1. The normalized spacial score (nSPS) is 11.0. The highest BCUT2D eigenvalue weighted by Crippen LogP contribution is 2.21. The Morgan fingerprint density at radius 2 is 2.28 bits per heavy atom. The Bertz CT molecular complexity index is 686. The average molecular weight is 263 g/mol. The van der Waals surface area contributed by atoms with Crippen LogP contribution in [0, 0.1) is 0 Å². The van der Waals surface area contributed by atoms with Crippen molar-refractivity contribution in [3.05, 3.63) is 35.5 Å². The molecule has 3 rings (SSSR count). The maximum absolute atomic E-state index is 5.86. The third-order valence-electron chi connectivity index (χ3n) is 2.59. The van der Waals surface area contributed by atoms with Gasteiger partial charge in [-0.05, 0) is 23.7 Å². The van der Waals surface area contributed by atoms with Crippen LogP contribution in [-0.4, -0.2) is 24.7 Å². The van der Waals surface area contributed by atoms with Crippen molar-refractivity contribution in [2.24, 2.45) is 7.05 Å². The van der Waals surface area contributed by atoms with Gasteiger partial charge in [-0.3, -0.25) is 4.68 Å². The number of fused-ring (bicyclic) bond motifs is 1. The zero-order valence-electron chi connectivity index (χ0n) is 9.68. The first-order valence-electron chi connectivity index (χ1n) is 5.45. The summed E-state index contributed by atoms with van der Waals surface area (Å²) in [5.41, 5.74) is 1.66. The maximum atomic E-state index is 5.86. The summed E-state index contributed by atoms with van der Waals surface area (Å²) in [7, 11) is 1.88. The largest absolute Gasteiger partial charge is 0.364 e. The summed E-state index contributed by atoms with van der Waals surface area (Å²) < 4.78 is 1.76. The number of halogens is 1. The van der Waals surface area contributed by atoms with E-state index >= 15 is 0 Å². The van der Waals surface area contributed by atoms with Crippen LogP contribution in [0.3, 0.4) is 0 Å². The lowest BCUT2D eigenvalue weighted by molar-refractivity contribution is 0.747. The van der Waals surface area contributed by atoms with Crippen molar-refractivity contribution in [1.82, 2.24) is 24.7 Å². The molecule has 3 heterocycles. The van der Waals surface area contributed by atoms with Gasteiger partial charge in [0, 0.05) is 19.4 Å². The van der Waals surface area contributed by atoms with Crippen LogP contribution >= 0.6 is 11.6 Å². The number of aromatic nitrogens is 5. The quantitative estimate of drug-likeness (QED) is 0.708. The van der Waals surface area contributed by atoms with E-state index in [9.17, 15) is 0 Å². The fourth-order valence-electron chi connectivity index (χ4n) is 1.78. The van der Waals surface area contributed by atoms with Gasteiger partial charge in [0.25, 0.3) is 0 Å². The van der Waals surface area contributed by atoms with Crippen LogP contribution in [-0.2, 0) is 13.6 Å². The van der Waals surface area contributed by atoms with Crippen LogP contribution in [0.25, 0.3) is 11.0 Å². The lowest BCUT2D eigenvalue weighted by Gasteiger charge is -2.05. The lowest BCUT2D eigenvalue weighted by Crippen LogP contribution is -2.04. The molecular formula is C11H11ClN6. The molecule has 7 heteroatoms. The summed E-state index contributed by atoms with van der Waals surface area (Å²) in [6.07, 6.45) is 3.71. The highest BCUT2D eigenvalue weighted by molar-refractivity contribution is 6.28.